The van der Waals surface area contributed by atoms with Gasteiger partial charge in [0, 0.05) is 17.0 Å². The molecule has 2 aromatic rings. The van der Waals surface area contributed by atoms with Crippen LogP contribution in [0.2, 0.25) is 0 Å². The number of amides is 2. The molecule has 1 aliphatic rings. The van der Waals surface area contributed by atoms with Gasteiger partial charge in [0.25, 0.3) is 5.91 Å². The van der Waals surface area contributed by atoms with Gasteiger partial charge in [0.1, 0.15) is 0 Å². The van der Waals surface area contributed by atoms with E-state index in [-0.39, 0.29) is 11.8 Å². The molecule has 0 radical (unpaired) electrons. The molecule has 29 heavy (non-hydrogen) atoms. The second kappa shape index (κ2) is 10.9. The van der Waals surface area contributed by atoms with Crippen LogP contribution in [0.25, 0.3) is 0 Å². The number of hydrazine groups is 1. The number of piperazine rings is 1. The average molecular weight is 414 g/mol. The van der Waals surface area contributed by atoms with Gasteiger partial charge >= 0.3 is 0 Å². The van der Waals surface area contributed by atoms with Crippen molar-refractivity contribution in [1.82, 2.24) is 10.9 Å². The summed E-state index contributed by atoms with van der Waals surface area (Å²) < 4.78 is 0. The number of thioether (sulfide) groups is 1. The Morgan fingerprint density at radius 3 is 2.34 bits per heavy atom. The quantitative estimate of drug-likeness (QED) is 0.595. The van der Waals surface area contributed by atoms with Gasteiger partial charge in [0.05, 0.1) is 39.1 Å². The Morgan fingerprint density at radius 1 is 1.00 bits per heavy atom. The topological polar surface area (TPSA) is 65.9 Å². The SMILES string of the molecule is CSCc1ccc(C(=O)NNC(=O)CC[NH+]2CCN(c3ccccc3)CC2)cc1. The van der Waals surface area contributed by atoms with Gasteiger partial charge in [-0.1, -0.05) is 30.3 Å². The highest BCUT2D eigenvalue weighted by Crippen LogP contribution is 2.12. The van der Waals surface area contributed by atoms with E-state index < -0.39 is 0 Å². The molecule has 2 amide bonds. The van der Waals surface area contributed by atoms with Crippen molar-refractivity contribution in [2.45, 2.75) is 12.2 Å². The maximum atomic E-state index is 12.2. The second-order valence-electron chi connectivity index (χ2n) is 7.20. The summed E-state index contributed by atoms with van der Waals surface area (Å²) in [6.07, 6.45) is 2.44. The van der Waals surface area contributed by atoms with E-state index in [1.54, 1.807) is 23.9 Å². The Kier molecular flexibility index (Phi) is 7.95. The van der Waals surface area contributed by atoms with Gasteiger partial charge in [0.15, 0.2) is 0 Å². The first-order chi connectivity index (χ1) is 14.2. The lowest BCUT2D eigenvalue weighted by Crippen LogP contribution is -3.15. The van der Waals surface area contributed by atoms with Crippen LogP contribution in [-0.2, 0) is 10.5 Å². The van der Waals surface area contributed by atoms with Crippen LogP contribution in [0, 0.1) is 0 Å². The summed E-state index contributed by atoms with van der Waals surface area (Å²) in [5.74, 6) is 0.467. The van der Waals surface area contributed by atoms with Crippen LogP contribution in [0.1, 0.15) is 22.3 Å². The van der Waals surface area contributed by atoms with E-state index in [4.69, 9.17) is 0 Å². The van der Waals surface area contributed by atoms with Crippen LogP contribution in [0.4, 0.5) is 5.69 Å². The molecule has 1 fully saturated rings. The molecule has 2 aromatic carbocycles. The van der Waals surface area contributed by atoms with E-state index in [1.807, 2.05) is 24.5 Å². The molecular formula is C22H29N4O2S+. The third-order valence-electron chi connectivity index (χ3n) is 5.14. The molecule has 0 aliphatic carbocycles. The molecule has 0 spiro atoms. The summed E-state index contributed by atoms with van der Waals surface area (Å²) in [5.41, 5.74) is 8.01. The number of hydrogen-bond donors (Lipinski definition) is 3. The summed E-state index contributed by atoms with van der Waals surface area (Å²) in [6, 6.07) is 17.9. The monoisotopic (exact) mass is 413 g/mol. The highest BCUT2D eigenvalue weighted by atomic mass is 32.2. The number of hydrogen-bond acceptors (Lipinski definition) is 4. The fourth-order valence-electron chi connectivity index (χ4n) is 3.44. The Balaban J connectivity index is 1.34. The van der Waals surface area contributed by atoms with Crippen molar-refractivity contribution in [2.24, 2.45) is 0 Å². The predicted molar refractivity (Wildman–Crippen MR) is 118 cm³/mol. The number of nitrogens with zero attached hydrogens (tertiary/aromatic N) is 1. The number of benzene rings is 2. The average Bonchev–Trinajstić information content (AvgIpc) is 2.78. The van der Waals surface area contributed by atoms with Crippen molar-refractivity contribution in [3.05, 3.63) is 65.7 Å². The molecule has 3 N–H and O–H groups in total. The van der Waals surface area contributed by atoms with Gasteiger partial charge in [-0.2, -0.15) is 11.8 Å². The fourth-order valence-corrected chi connectivity index (χ4v) is 3.97. The summed E-state index contributed by atoms with van der Waals surface area (Å²) >= 11 is 1.74. The number of carbonyl (C=O) groups is 2. The Morgan fingerprint density at radius 2 is 1.69 bits per heavy atom. The zero-order valence-electron chi connectivity index (χ0n) is 16.8. The van der Waals surface area contributed by atoms with Crippen molar-refractivity contribution in [2.75, 3.05) is 43.9 Å². The lowest BCUT2D eigenvalue weighted by molar-refractivity contribution is -0.900. The molecule has 0 bridgehead atoms. The molecule has 1 aliphatic heterocycles. The number of anilines is 1. The number of para-hydroxylation sites is 1. The van der Waals surface area contributed by atoms with Crippen LogP contribution < -0.4 is 20.7 Å². The van der Waals surface area contributed by atoms with Crippen LogP contribution in [0.3, 0.4) is 0 Å². The normalized spacial score (nSPS) is 14.4. The van der Waals surface area contributed by atoms with E-state index in [1.165, 1.54) is 16.2 Å². The van der Waals surface area contributed by atoms with Gasteiger partial charge in [-0.15, -0.1) is 0 Å². The Labute approximate surface area is 176 Å². The molecule has 6 nitrogen and oxygen atoms in total. The Bertz CT molecular complexity index is 790. The van der Waals surface area contributed by atoms with Crippen molar-refractivity contribution in [3.63, 3.8) is 0 Å². The summed E-state index contributed by atoms with van der Waals surface area (Å²) in [6.45, 7) is 4.77. The van der Waals surface area contributed by atoms with Gasteiger partial charge in [-0.25, -0.2) is 0 Å². The number of nitrogens with one attached hydrogen (secondary N) is 3. The molecule has 0 saturated carbocycles. The van der Waals surface area contributed by atoms with Crippen molar-refractivity contribution in [3.8, 4) is 0 Å². The minimum atomic E-state index is -0.294. The number of quaternary nitrogens is 1. The first-order valence-corrected chi connectivity index (χ1v) is 11.4. The van der Waals surface area contributed by atoms with E-state index in [0.717, 1.165) is 38.5 Å². The van der Waals surface area contributed by atoms with E-state index in [0.29, 0.717) is 12.0 Å². The molecule has 0 aromatic heterocycles. The molecule has 3 rings (SSSR count). The molecule has 1 saturated heterocycles. The van der Waals surface area contributed by atoms with Crippen molar-refractivity contribution < 1.29 is 14.5 Å². The maximum Gasteiger partial charge on any atom is 0.269 e. The van der Waals surface area contributed by atoms with Gasteiger partial charge in [-0.05, 0) is 36.1 Å². The van der Waals surface area contributed by atoms with Crippen LogP contribution >= 0.6 is 11.8 Å². The van der Waals surface area contributed by atoms with Gasteiger partial charge < -0.3 is 9.80 Å². The van der Waals surface area contributed by atoms with Crippen molar-refractivity contribution >= 4 is 29.3 Å². The van der Waals surface area contributed by atoms with Crippen LogP contribution in [0.15, 0.2) is 54.6 Å². The minimum absolute atomic E-state index is 0.157. The fraction of sp³-hybridized carbons (Fsp3) is 0.364. The number of rotatable bonds is 7. The second-order valence-corrected chi connectivity index (χ2v) is 8.07. The lowest BCUT2D eigenvalue weighted by Gasteiger charge is -2.33. The molecule has 0 unspecified atom stereocenters. The molecule has 0 atom stereocenters. The lowest BCUT2D eigenvalue weighted by atomic mass is 10.1. The standard InChI is InChI=1S/C22H28N4O2S/c1-29-17-18-7-9-19(10-8-18)22(28)24-23-21(27)11-12-25-13-15-26(16-14-25)20-5-3-2-4-6-20/h2-10H,11-17H2,1H3,(H,23,27)(H,24,28)/p+1. The Hall–Kier alpha value is -2.51. The molecular weight excluding hydrogens is 384 g/mol. The highest BCUT2D eigenvalue weighted by molar-refractivity contribution is 7.97. The smallest absolute Gasteiger partial charge is 0.269 e. The van der Waals surface area contributed by atoms with Gasteiger partial charge in [0.2, 0.25) is 5.91 Å². The highest BCUT2D eigenvalue weighted by Gasteiger charge is 2.20. The zero-order chi connectivity index (χ0) is 20.5. The summed E-state index contributed by atoms with van der Waals surface area (Å²) in [7, 11) is 0. The predicted octanol–water partition coefficient (Wildman–Crippen LogP) is 1.11. The van der Waals surface area contributed by atoms with Crippen molar-refractivity contribution in [1.29, 1.82) is 0 Å². The van der Waals surface area contributed by atoms with Crippen LogP contribution in [0.5, 0.6) is 0 Å². The minimum Gasteiger partial charge on any atom is -0.360 e. The van der Waals surface area contributed by atoms with E-state index in [9.17, 15) is 9.59 Å². The zero-order valence-corrected chi connectivity index (χ0v) is 17.6. The first kappa shape index (κ1) is 21.2. The summed E-state index contributed by atoms with van der Waals surface area (Å²) in [4.78, 5) is 28.1. The van der Waals surface area contributed by atoms with E-state index in [2.05, 4.69) is 40.0 Å². The van der Waals surface area contributed by atoms with E-state index >= 15 is 0 Å². The first-order valence-electron chi connectivity index (χ1n) is 9.96. The molecule has 154 valence electrons. The third-order valence-corrected chi connectivity index (χ3v) is 5.76. The molecule has 1 heterocycles. The third kappa shape index (κ3) is 6.51. The summed E-state index contributed by atoms with van der Waals surface area (Å²) in [5, 5.41) is 0. The number of carbonyl (C=O) groups excluding carboxylic acids is 2. The van der Waals surface area contributed by atoms with Gasteiger partial charge in [-0.3, -0.25) is 20.4 Å². The largest absolute Gasteiger partial charge is 0.360 e. The van der Waals surface area contributed by atoms with Crippen LogP contribution in [-0.4, -0.2) is 50.8 Å². The molecule has 7 heteroatoms. The maximum absolute atomic E-state index is 12.2.